The summed E-state index contributed by atoms with van der Waals surface area (Å²) < 4.78 is 58.4. The van der Waals surface area contributed by atoms with E-state index in [0.717, 1.165) is 0 Å². The molecule has 0 fully saturated rings. The summed E-state index contributed by atoms with van der Waals surface area (Å²) in [7, 11) is 0. The lowest BCUT2D eigenvalue weighted by Gasteiger charge is -2.09. The van der Waals surface area contributed by atoms with Gasteiger partial charge in [0, 0.05) is 24.4 Å². The monoisotopic (exact) mass is 295 g/mol. The molecule has 1 aromatic carbocycles. The Morgan fingerprint density at radius 1 is 1.16 bits per heavy atom. The van der Waals surface area contributed by atoms with E-state index in [1.165, 1.54) is 12.1 Å². The molecule has 0 saturated carbocycles. The van der Waals surface area contributed by atoms with Gasteiger partial charge in [-0.25, -0.2) is 4.72 Å². The number of rotatable bonds is 5. The number of nitrogens with one attached hydrogen (secondary N) is 2. The molecule has 1 rings (SSSR count). The molecule has 9 heteroatoms. The molecule has 0 heterocycles. The minimum absolute atomic E-state index is 0.0886. The van der Waals surface area contributed by atoms with Gasteiger partial charge in [-0.3, -0.25) is 9.00 Å². The van der Waals surface area contributed by atoms with Crippen molar-refractivity contribution in [3.63, 3.8) is 0 Å². The van der Waals surface area contributed by atoms with E-state index in [2.05, 4.69) is 4.72 Å². The average molecular weight is 295 g/mol. The third-order valence-corrected chi connectivity index (χ3v) is 2.51. The number of carbonyl (C=O) groups excluding carboxylic acids is 1. The van der Waals surface area contributed by atoms with Gasteiger partial charge in [0.15, 0.2) is 0 Å². The second-order valence-electron chi connectivity index (χ2n) is 3.55. The Kier molecular flexibility index (Phi) is 5.45. The van der Waals surface area contributed by atoms with Crippen LogP contribution >= 0.6 is 0 Å². The van der Waals surface area contributed by atoms with Gasteiger partial charge in [0.1, 0.15) is 0 Å². The lowest BCUT2D eigenvalue weighted by Crippen LogP contribution is -2.36. The lowest BCUT2D eigenvalue weighted by molar-refractivity contribution is -0.173. The van der Waals surface area contributed by atoms with Crippen LogP contribution in [0.2, 0.25) is 0 Å². The van der Waals surface area contributed by atoms with Crippen molar-refractivity contribution in [2.75, 3.05) is 0 Å². The van der Waals surface area contributed by atoms with Gasteiger partial charge in [-0.1, -0.05) is 24.3 Å². The van der Waals surface area contributed by atoms with Crippen molar-refractivity contribution in [3.05, 3.63) is 35.4 Å². The lowest BCUT2D eigenvalue weighted by atomic mass is 10.1. The molecular weight excluding hydrogens is 285 g/mol. The Morgan fingerprint density at radius 2 is 1.63 bits per heavy atom. The number of alkyl halides is 3. The third kappa shape index (κ3) is 5.81. The first-order valence-electron chi connectivity index (χ1n) is 5.04. The third-order valence-electron chi connectivity index (χ3n) is 2.13. The second-order valence-corrected chi connectivity index (χ2v) is 4.31. The molecule has 1 atom stereocenters. The molecule has 106 valence electrons. The van der Waals surface area contributed by atoms with Crippen molar-refractivity contribution in [2.45, 2.75) is 19.3 Å². The van der Waals surface area contributed by atoms with E-state index in [-0.39, 0.29) is 13.1 Å². The van der Waals surface area contributed by atoms with Crippen molar-refractivity contribution in [2.24, 2.45) is 0 Å². The van der Waals surface area contributed by atoms with Crippen LogP contribution in [0.1, 0.15) is 11.1 Å². The van der Waals surface area contributed by atoms with Crippen LogP contribution < -0.4 is 10.0 Å². The number of hydrogen-bond donors (Lipinski definition) is 2. The largest absolute Gasteiger partial charge is 0.760 e. The molecule has 0 aliphatic heterocycles. The average Bonchev–Trinajstić information content (AvgIpc) is 2.33. The molecular formula is C10H10F3N2O3S-. The molecule has 0 aliphatic rings. The molecule has 0 bridgehead atoms. The summed E-state index contributed by atoms with van der Waals surface area (Å²) in [6.07, 6.45) is -4.90. The molecule has 1 unspecified atom stereocenters. The van der Waals surface area contributed by atoms with E-state index in [9.17, 15) is 26.7 Å². The Morgan fingerprint density at radius 3 is 2.05 bits per heavy atom. The topological polar surface area (TPSA) is 81.3 Å². The molecule has 1 aromatic rings. The fraction of sp³-hybridized carbons (Fsp3) is 0.300. The quantitative estimate of drug-likeness (QED) is 0.786. The van der Waals surface area contributed by atoms with E-state index >= 15 is 0 Å². The SMILES string of the molecule is O=C(NCc1ccc(CNS(=O)[O-])cc1)C(F)(F)F. The van der Waals surface area contributed by atoms with Gasteiger partial charge in [-0.05, 0) is 11.1 Å². The van der Waals surface area contributed by atoms with E-state index < -0.39 is 23.3 Å². The molecule has 0 saturated heterocycles. The Labute approximate surface area is 109 Å². The highest BCUT2D eigenvalue weighted by Crippen LogP contribution is 2.14. The molecule has 0 aromatic heterocycles. The summed E-state index contributed by atoms with van der Waals surface area (Å²) in [5.41, 5.74) is 1.12. The Hall–Kier alpha value is -1.45. The first-order chi connectivity index (χ1) is 8.79. The number of benzene rings is 1. The van der Waals surface area contributed by atoms with E-state index in [1.54, 1.807) is 17.4 Å². The highest BCUT2D eigenvalue weighted by molar-refractivity contribution is 7.77. The van der Waals surface area contributed by atoms with Crippen molar-refractivity contribution < 1.29 is 26.7 Å². The highest BCUT2D eigenvalue weighted by atomic mass is 32.2. The second kappa shape index (κ2) is 6.64. The number of carbonyl (C=O) groups is 1. The summed E-state index contributed by atoms with van der Waals surface area (Å²) in [4.78, 5) is 10.6. The van der Waals surface area contributed by atoms with Crippen molar-refractivity contribution in [1.82, 2.24) is 10.0 Å². The summed E-state index contributed by atoms with van der Waals surface area (Å²) in [5.74, 6) is -2.00. The minimum atomic E-state index is -4.90. The zero-order valence-corrected chi connectivity index (χ0v) is 10.3. The fourth-order valence-electron chi connectivity index (χ4n) is 1.20. The molecule has 2 N–H and O–H groups in total. The predicted octanol–water partition coefficient (Wildman–Crippen LogP) is 0.749. The van der Waals surface area contributed by atoms with Gasteiger partial charge >= 0.3 is 12.1 Å². The van der Waals surface area contributed by atoms with Crippen molar-refractivity contribution in [3.8, 4) is 0 Å². The summed E-state index contributed by atoms with van der Waals surface area (Å²) in [5, 5.41) is 1.73. The van der Waals surface area contributed by atoms with Gasteiger partial charge in [0.25, 0.3) is 0 Å². The van der Waals surface area contributed by atoms with Crippen LogP contribution in [0.25, 0.3) is 0 Å². The smallest absolute Gasteiger partial charge is 0.471 e. The van der Waals surface area contributed by atoms with Crippen molar-refractivity contribution >= 4 is 17.2 Å². The van der Waals surface area contributed by atoms with Crippen LogP contribution in [0, 0.1) is 0 Å². The molecule has 0 radical (unpaired) electrons. The number of amides is 1. The van der Waals surface area contributed by atoms with Gasteiger partial charge < -0.3 is 9.87 Å². The van der Waals surface area contributed by atoms with E-state index in [4.69, 9.17) is 0 Å². The first kappa shape index (κ1) is 15.6. The molecule has 19 heavy (non-hydrogen) atoms. The van der Waals surface area contributed by atoms with Crippen LogP contribution in [0.15, 0.2) is 24.3 Å². The number of halogens is 3. The maximum atomic E-state index is 11.9. The van der Waals surface area contributed by atoms with E-state index in [0.29, 0.717) is 11.1 Å². The van der Waals surface area contributed by atoms with Crippen LogP contribution in [0.4, 0.5) is 13.2 Å². The summed E-state index contributed by atoms with van der Waals surface area (Å²) in [6.45, 7) is -0.162. The molecule has 0 spiro atoms. The molecule has 0 aliphatic carbocycles. The standard InChI is InChI=1S/C10H11F3N2O3S/c11-10(12,13)9(16)14-5-7-1-3-8(4-2-7)6-15-19(17)18/h1-4,15H,5-6H2,(H,14,16)(H,17,18)/p-1. The molecule has 5 nitrogen and oxygen atoms in total. The predicted molar refractivity (Wildman–Crippen MR) is 60.1 cm³/mol. The van der Waals surface area contributed by atoms with Crippen molar-refractivity contribution in [1.29, 1.82) is 0 Å². The Balaban J connectivity index is 2.49. The van der Waals surface area contributed by atoms with Crippen LogP contribution in [-0.2, 0) is 29.2 Å². The first-order valence-corrected chi connectivity index (χ1v) is 6.12. The zero-order valence-electron chi connectivity index (χ0n) is 9.49. The van der Waals surface area contributed by atoms with Gasteiger partial charge in [0.2, 0.25) is 0 Å². The Bertz CT molecular complexity index is 462. The normalized spacial score (nSPS) is 13.1. The van der Waals surface area contributed by atoms with Crippen LogP contribution in [0.3, 0.4) is 0 Å². The maximum Gasteiger partial charge on any atom is 0.471 e. The molecule has 1 amide bonds. The summed E-state index contributed by atoms with van der Waals surface area (Å²) in [6, 6.07) is 6.10. The van der Waals surface area contributed by atoms with Gasteiger partial charge in [-0.15, -0.1) is 0 Å². The van der Waals surface area contributed by atoms with Crippen LogP contribution in [0.5, 0.6) is 0 Å². The van der Waals surface area contributed by atoms with Gasteiger partial charge in [0.05, 0.1) is 0 Å². The van der Waals surface area contributed by atoms with E-state index in [1.807, 2.05) is 0 Å². The maximum absolute atomic E-state index is 11.9. The minimum Gasteiger partial charge on any atom is -0.760 e. The highest BCUT2D eigenvalue weighted by Gasteiger charge is 2.38. The number of hydrogen-bond acceptors (Lipinski definition) is 3. The summed E-state index contributed by atoms with van der Waals surface area (Å²) >= 11 is -2.37. The van der Waals surface area contributed by atoms with Gasteiger partial charge in [-0.2, -0.15) is 13.2 Å². The van der Waals surface area contributed by atoms with Crippen LogP contribution in [-0.4, -0.2) is 20.8 Å². The fourth-order valence-corrected chi connectivity index (χ4v) is 1.48. The zero-order chi connectivity index (χ0) is 14.5.